The second kappa shape index (κ2) is 6.18. The topological polar surface area (TPSA) is 20.3 Å². The highest BCUT2D eigenvalue weighted by Crippen LogP contribution is 2.40. The Morgan fingerprint density at radius 3 is 2.06 bits per heavy atom. The third-order valence-electron chi connectivity index (χ3n) is 5.23. The van der Waals surface area contributed by atoms with Gasteiger partial charge in [-0.3, -0.25) is 9.69 Å². The van der Waals surface area contributed by atoms with Crippen LogP contribution < -0.4 is 0 Å². The lowest BCUT2D eigenvalue weighted by molar-refractivity contribution is -0.136. The van der Waals surface area contributed by atoms with Gasteiger partial charge >= 0.3 is 0 Å². The van der Waals surface area contributed by atoms with E-state index in [0.717, 1.165) is 38.8 Å². The number of hydrogen-bond acceptors (Lipinski definition) is 2. The molecule has 0 aromatic rings. The van der Waals surface area contributed by atoms with E-state index in [0.29, 0.717) is 11.7 Å². The molecule has 2 saturated carbocycles. The van der Waals surface area contributed by atoms with Gasteiger partial charge in [0, 0.05) is 5.92 Å². The fourth-order valence-electron chi connectivity index (χ4n) is 4.25. The third-order valence-corrected chi connectivity index (χ3v) is 5.23. The maximum atomic E-state index is 13.0. The van der Waals surface area contributed by atoms with Crippen molar-refractivity contribution in [3.05, 3.63) is 0 Å². The first kappa shape index (κ1) is 14.0. The first-order valence-corrected chi connectivity index (χ1v) is 8.04. The molecule has 0 aromatic heterocycles. The molecule has 18 heavy (non-hydrogen) atoms. The zero-order chi connectivity index (χ0) is 13.0. The van der Waals surface area contributed by atoms with Crippen LogP contribution in [0.25, 0.3) is 0 Å². The Morgan fingerprint density at radius 1 is 1.00 bits per heavy atom. The summed E-state index contributed by atoms with van der Waals surface area (Å²) in [6, 6.07) is 0. The molecule has 0 atom stereocenters. The number of carbonyl (C=O) groups excluding carboxylic acids is 1. The molecule has 0 bridgehead atoms. The van der Waals surface area contributed by atoms with Crippen molar-refractivity contribution in [2.45, 2.75) is 77.2 Å². The van der Waals surface area contributed by atoms with E-state index in [1.807, 2.05) is 0 Å². The van der Waals surface area contributed by atoms with Crippen LogP contribution >= 0.6 is 0 Å². The molecule has 0 aliphatic heterocycles. The van der Waals surface area contributed by atoms with Crippen LogP contribution in [0.4, 0.5) is 0 Å². The number of likely N-dealkylation sites (N-methyl/N-ethyl adjacent to an activating group) is 1. The highest BCUT2D eigenvalue weighted by Gasteiger charge is 2.47. The largest absolute Gasteiger partial charge is 0.297 e. The molecule has 104 valence electrons. The van der Waals surface area contributed by atoms with Gasteiger partial charge in [-0.1, -0.05) is 46.0 Å². The molecule has 0 spiro atoms. The molecule has 0 saturated heterocycles. The van der Waals surface area contributed by atoms with Crippen LogP contribution in [0.3, 0.4) is 0 Å². The maximum absolute atomic E-state index is 13.0. The molecule has 0 amide bonds. The molecular formula is C16H29NO. The van der Waals surface area contributed by atoms with Gasteiger partial charge in [-0.25, -0.2) is 0 Å². The molecule has 2 nitrogen and oxygen atoms in total. The first-order chi connectivity index (χ1) is 8.74. The summed E-state index contributed by atoms with van der Waals surface area (Å²) in [5.41, 5.74) is -0.0779. The Bertz CT molecular complexity index is 271. The van der Waals surface area contributed by atoms with E-state index in [4.69, 9.17) is 0 Å². The zero-order valence-corrected chi connectivity index (χ0v) is 12.2. The molecule has 2 heteroatoms. The van der Waals surface area contributed by atoms with Gasteiger partial charge < -0.3 is 0 Å². The average Bonchev–Trinajstić information content (AvgIpc) is 2.91. The summed E-state index contributed by atoms with van der Waals surface area (Å²) < 4.78 is 0. The van der Waals surface area contributed by atoms with Crippen molar-refractivity contribution >= 4 is 5.78 Å². The molecule has 0 heterocycles. The standard InChI is InChI=1S/C16H29NO/c1-3-17(4-2)16(12-8-9-13-16)15(18)14-10-6-5-7-11-14/h14H,3-13H2,1-2H3. The number of rotatable bonds is 5. The van der Waals surface area contributed by atoms with E-state index >= 15 is 0 Å². The SMILES string of the molecule is CCN(CC)C1(C(=O)C2CCCCC2)CCCC1. The van der Waals surface area contributed by atoms with Crippen molar-refractivity contribution in [1.29, 1.82) is 0 Å². The summed E-state index contributed by atoms with van der Waals surface area (Å²) in [4.78, 5) is 15.5. The molecule has 2 aliphatic rings. The van der Waals surface area contributed by atoms with Crippen molar-refractivity contribution in [3.8, 4) is 0 Å². The monoisotopic (exact) mass is 251 g/mol. The first-order valence-electron chi connectivity index (χ1n) is 8.04. The van der Waals surface area contributed by atoms with Crippen molar-refractivity contribution in [2.24, 2.45) is 5.92 Å². The summed E-state index contributed by atoms with van der Waals surface area (Å²) in [6.45, 7) is 6.46. The van der Waals surface area contributed by atoms with Crippen LogP contribution in [0.5, 0.6) is 0 Å². The van der Waals surface area contributed by atoms with Gasteiger partial charge in [-0.2, -0.15) is 0 Å². The van der Waals surface area contributed by atoms with Gasteiger partial charge in [0.05, 0.1) is 5.54 Å². The molecule has 0 radical (unpaired) electrons. The van der Waals surface area contributed by atoms with Crippen molar-refractivity contribution in [3.63, 3.8) is 0 Å². The fourth-order valence-corrected chi connectivity index (χ4v) is 4.25. The van der Waals surface area contributed by atoms with Crippen molar-refractivity contribution in [1.82, 2.24) is 4.90 Å². The van der Waals surface area contributed by atoms with Gasteiger partial charge in [-0.15, -0.1) is 0 Å². The smallest absolute Gasteiger partial charge is 0.156 e. The molecule has 2 rings (SSSR count). The van der Waals surface area contributed by atoms with Gasteiger partial charge in [0.1, 0.15) is 0 Å². The van der Waals surface area contributed by atoms with E-state index < -0.39 is 0 Å². The summed E-state index contributed by atoms with van der Waals surface area (Å²) >= 11 is 0. The van der Waals surface area contributed by atoms with E-state index in [9.17, 15) is 4.79 Å². The summed E-state index contributed by atoms with van der Waals surface area (Å²) in [6.07, 6.45) is 10.9. The number of nitrogens with zero attached hydrogens (tertiary/aromatic N) is 1. The summed E-state index contributed by atoms with van der Waals surface area (Å²) in [5, 5.41) is 0. The third kappa shape index (κ3) is 2.49. The number of carbonyl (C=O) groups is 1. The van der Waals surface area contributed by atoms with Crippen LogP contribution in [-0.2, 0) is 4.79 Å². The second-order valence-corrected chi connectivity index (χ2v) is 6.11. The minimum Gasteiger partial charge on any atom is -0.297 e. The highest BCUT2D eigenvalue weighted by atomic mass is 16.1. The van der Waals surface area contributed by atoms with Crippen LogP contribution in [0.15, 0.2) is 0 Å². The molecule has 2 fully saturated rings. The molecule has 2 aliphatic carbocycles. The Morgan fingerprint density at radius 2 is 1.56 bits per heavy atom. The lowest BCUT2D eigenvalue weighted by Crippen LogP contribution is -2.55. The molecule has 0 unspecified atom stereocenters. The minimum atomic E-state index is -0.0779. The van der Waals surface area contributed by atoms with Gasteiger partial charge in [0.15, 0.2) is 5.78 Å². The van der Waals surface area contributed by atoms with Gasteiger partial charge in [0.25, 0.3) is 0 Å². The lowest BCUT2D eigenvalue weighted by atomic mass is 9.76. The van der Waals surface area contributed by atoms with E-state index in [1.54, 1.807) is 0 Å². The Labute approximate surface area is 112 Å². The average molecular weight is 251 g/mol. The quantitative estimate of drug-likeness (QED) is 0.741. The van der Waals surface area contributed by atoms with Crippen molar-refractivity contribution < 1.29 is 4.79 Å². The predicted octanol–water partition coefficient (Wildman–Crippen LogP) is 3.79. The minimum absolute atomic E-state index is 0.0779. The van der Waals surface area contributed by atoms with E-state index in [1.165, 1.54) is 32.1 Å². The Balaban J connectivity index is 2.15. The zero-order valence-electron chi connectivity index (χ0n) is 12.2. The number of hydrogen-bond donors (Lipinski definition) is 0. The Hall–Kier alpha value is -0.370. The molecule has 0 N–H and O–H groups in total. The van der Waals surface area contributed by atoms with Crippen LogP contribution in [0.2, 0.25) is 0 Å². The van der Waals surface area contributed by atoms with Crippen LogP contribution in [0, 0.1) is 5.92 Å². The summed E-state index contributed by atoms with van der Waals surface area (Å²) in [7, 11) is 0. The second-order valence-electron chi connectivity index (χ2n) is 6.11. The van der Waals surface area contributed by atoms with Gasteiger partial charge in [-0.05, 0) is 38.8 Å². The van der Waals surface area contributed by atoms with Crippen LogP contribution in [-0.4, -0.2) is 29.3 Å². The highest BCUT2D eigenvalue weighted by molar-refractivity contribution is 5.90. The van der Waals surface area contributed by atoms with E-state index in [2.05, 4.69) is 18.7 Å². The van der Waals surface area contributed by atoms with Crippen LogP contribution in [0.1, 0.15) is 71.6 Å². The summed E-state index contributed by atoms with van der Waals surface area (Å²) in [5.74, 6) is 0.973. The molecule has 0 aromatic carbocycles. The lowest BCUT2D eigenvalue weighted by Gasteiger charge is -2.41. The molecular weight excluding hydrogens is 222 g/mol. The Kier molecular flexibility index (Phi) is 4.83. The predicted molar refractivity (Wildman–Crippen MR) is 75.7 cm³/mol. The normalized spacial score (nSPS) is 24.6. The number of ketones is 1. The van der Waals surface area contributed by atoms with E-state index in [-0.39, 0.29) is 5.54 Å². The fraction of sp³-hybridized carbons (Fsp3) is 0.938. The van der Waals surface area contributed by atoms with Gasteiger partial charge in [0.2, 0.25) is 0 Å². The van der Waals surface area contributed by atoms with Crippen molar-refractivity contribution in [2.75, 3.05) is 13.1 Å². The number of Topliss-reactive ketones (excluding diaryl/α,β-unsaturated/α-hetero) is 1. The maximum Gasteiger partial charge on any atom is 0.156 e.